The second kappa shape index (κ2) is 8.80. The van der Waals surface area contributed by atoms with Crippen LogP contribution < -0.4 is 5.32 Å². The van der Waals surface area contributed by atoms with E-state index >= 15 is 0 Å². The lowest BCUT2D eigenvalue weighted by molar-refractivity contribution is -0.137. The summed E-state index contributed by atoms with van der Waals surface area (Å²) < 4.78 is 66.3. The van der Waals surface area contributed by atoms with Crippen molar-refractivity contribution in [3.63, 3.8) is 0 Å². The minimum absolute atomic E-state index is 0.00736. The number of alkyl halides is 3. The molecule has 1 heterocycles. The first-order chi connectivity index (χ1) is 14.4. The Balaban J connectivity index is 1.66. The highest BCUT2D eigenvalue weighted by atomic mass is 35.5. The van der Waals surface area contributed by atoms with Gasteiger partial charge in [0, 0.05) is 24.7 Å². The summed E-state index contributed by atoms with van der Waals surface area (Å²) >= 11 is 5.60. The molecule has 1 aliphatic heterocycles. The van der Waals surface area contributed by atoms with Gasteiger partial charge in [0.15, 0.2) is 0 Å². The molecular weight excluding hydrogens is 453 g/mol. The van der Waals surface area contributed by atoms with E-state index in [4.69, 9.17) is 11.6 Å². The van der Waals surface area contributed by atoms with Crippen molar-refractivity contribution >= 4 is 33.2 Å². The fraction of sp³-hybridized carbons (Fsp3) is 0.381. The third-order valence-corrected chi connectivity index (χ3v) is 7.70. The molecule has 3 rings (SSSR count). The first-order valence-electron chi connectivity index (χ1n) is 9.64. The summed E-state index contributed by atoms with van der Waals surface area (Å²) in [7, 11) is -3.68. The number of hydrogen-bond donors (Lipinski definition) is 1. The van der Waals surface area contributed by atoms with E-state index in [0.717, 1.165) is 17.7 Å². The van der Waals surface area contributed by atoms with E-state index < -0.39 is 38.6 Å². The number of nitrogens with zero attached hydrogens (tertiary/aromatic N) is 1. The Morgan fingerprint density at radius 3 is 2.32 bits per heavy atom. The van der Waals surface area contributed by atoms with Crippen molar-refractivity contribution < 1.29 is 26.4 Å². The maximum Gasteiger partial charge on any atom is 0.417 e. The molecule has 0 atom stereocenters. The molecule has 1 aliphatic rings. The number of carbonyl (C=O) groups excluding carboxylic acids is 1. The van der Waals surface area contributed by atoms with Gasteiger partial charge in [0.25, 0.3) is 0 Å². The monoisotopic (exact) mass is 474 g/mol. The molecule has 0 saturated carbocycles. The second-order valence-corrected chi connectivity index (χ2v) is 9.94. The number of carbonyl (C=O) groups is 1. The highest BCUT2D eigenvalue weighted by Gasteiger charge is 2.35. The number of rotatable bonds is 4. The summed E-state index contributed by atoms with van der Waals surface area (Å²) in [5.41, 5.74) is 0.583. The number of hydrogen-bond acceptors (Lipinski definition) is 3. The van der Waals surface area contributed by atoms with Crippen molar-refractivity contribution in [3.05, 3.63) is 58.1 Å². The van der Waals surface area contributed by atoms with Crippen molar-refractivity contribution in [3.8, 4) is 0 Å². The number of anilines is 1. The summed E-state index contributed by atoms with van der Waals surface area (Å²) in [5.74, 6) is -0.949. The number of amides is 1. The first kappa shape index (κ1) is 23.6. The third-order valence-electron chi connectivity index (χ3n) is 5.31. The molecular formula is C21H22ClF3N2O3S. The van der Waals surface area contributed by atoms with Gasteiger partial charge in [-0.05, 0) is 56.5 Å². The van der Waals surface area contributed by atoms with E-state index in [1.165, 1.54) is 10.4 Å². The Kier molecular flexibility index (Phi) is 6.69. The highest BCUT2D eigenvalue weighted by Crippen LogP contribution is 2.36. The van der Waals surface area contributed by atoms with Crippen molar-refractivity contribution in [2.45, 2.75) is 37.8 Å². The number of sulfonamides is 1. The molecule has 1 fully saturated rings. The average Bonchev–Trinajstić information content (AvgIpc) is 2.68. The molecule has 0 aromatic heterocycles. The van der Waals surface area contributed by atoms with Crippen LogP contribution in [0.25, 0.3) is 0 Å². The van der Waals surface area contributed by atoms with Gasteiger partial charge in [-0.15, -0.1) is 0 Å². The molecule has 168 valence electrons. The van der Waals surface area contributed by atoms with Gasteiger partial charge in [0.2, 0.25) is 15.9 Å². The lowest BCUT2D eigenvalue weighted by atomic mass is 9.97. The van der Waals surface area contributed by atoms with Crippen molar-refractivity contribution in [2.75, 3.05) is 18.4 Å². The molecule has 10 heteroatoms. The minimum Gasteiger partial charge on any atom is -0.326 e. The molecule has 0 bridgehead atoms. The zero-order valence-corrected chi connectivity index (χ0v) is 18.5. The topological polar surface area (TPSA) is 66.5 Å². The molecule has 5 nitrogen and oxygen atoms in total. The molecule has 1 N–H and O–H groups in total. The van der Waals surface area contributed by atoms with Crippen molar-refractivity contribution in [1.82, 2.24) is 4.31 Å². The number of nitrogens with one attached hydrogen (secondary N) is 1. The normalized spacial score (nSPS) is 16.3. The van der Waals surface area contributed by atoms with Gasteiger partial charge in [0.1, 0.15) is 0 Å². The second-order valence-electron chi connectivity index (χ2n) is 7.63. The van der Waals surface area contributed by atoms with Gasteiger partial charge >= 0.3 is 6.18 Å². The van der Waals surface area contributed by atoms with Crippen LogP contribution in [-0.2, 0) is 21.0 Å². The van der Waals surface area contributed by atoms with Gasteiger partial charge in [-0.2, -0.15) is 17.5 Å². The fourth-order valence-corrected chi connectivity index (χ4v) is 5.55. The molecule has 0 spiro atoms. The summed E-state index contributed by atoms with van der Waals surface area (Å²) in [6.45, 7) is 3.93. The van der Waals surface area contributed by atoms with Crippen LogP contribution in [0, 0.1) is 19.8 Å². The van der Waals surface area contributed by atoms with E-state index in [0.29, 0.717) is 5.56 Å². The van der Waals surface area contributed by atoms with E-state index in [1.807, 2.05) is 6.92 Å². The maximum atomic E-state index is 13.0. The Labute approximate surface area is 184 Å². The smallest absolute Gasteiger partial charge is 0.326 e. The van der Waals surface area contributed by atoms with Crippen LogP contribution >= 0.6 is 11.6 Å². The van der Waals surface area contributed by atoms with Gasteiger partial charge in [-0.1, -0.05) is 29.3 Å². The summed E-state index contributed by atoms with van der Waals surface area (Å²) in [5, 5.41) is 2.04. The summed E-state index contributed by atoms with van der Waals surface area (Å²) in [6, 6.07) is 8.29. The number of benzene rings is 2. The average molecular weight is 475 g/mol. The van der Waals surface area contributed by atoms with E-state index in [1.54, 1.807) is 25.1 Å². The van der Waals surface area contributed by atoms with Crippen LogP contribution in [0.3, 0.4) is 0 Å². The molecule has 0 unspecified atom stereocenters. The summed E-state index contributed by atoms with van der Waals surface area (Å²) in [6.07, 6.45) is -4.09. The third kappa shape index (κ3) is 5.22. The van der Waals surface area contributed by atoms with Crippen molar-refractivity contribution in [2.24, 2.45) is 5.92 Å². The van der Waals surface area contributed by atoms with Gasteiger partial charge in [-0.25, -0.2) is 8.42 Å². The number of halogens is 4. The standard InChI is InChI=1S/C21H22ClF3N2O3S/c1-13-3-6-19(14(2)11-13)31(29,30)27-9-7-15(8-10-27)20(28)26-16-4-5-18(22)17(12-16)21(23,24)25/h3-6,11-12,15H,7-10H2,1-2H3,(H,26,28). The Morgan fingerprint density at radius 1 is 1.10 bits per heavy atom. The lowest BCUT2D eigenvalue weighted by Gasteiger charge is -2.31. The Bertz CT molecular complexity index is 1100. The van der Waals surface area contributed by atoms with Crippen LogP contribution in [0.1, 0.15) is 29.5 Å². The molecule has 31 heavy (non-hydrogen) atoms. The SMILES string of the molecule is Cc1ccc(S(=O)(=O)N2CCC(C(=O)Nc3ccc(Cl)c(C(F)(F)F)c3)CC2)c(C)c1. The van der Waals surface area contributed by atoms with E-state index in [9.17, 15) is 26.4 Å². The lowest BCUT2D eigenvalue weighted by Crippen LogP contribution is -2.41. The van der Waals surface area contributed by atoms with Gasteiger partial charge < -0.3 is 5.32 Å². The summed E-state index contributed by atoms with van der Waals surface area (Å²) in [4.78, 5) is 12.8. The van der Waals surface area contributed by atoms with Gasteiger partial charge in [0.05, 0.1) is 15.5 Å². The number of piperidine rings is 1. The van der Waals surface area contributed by atoms with E-state index in [-0.39, 0.29) is 36.5 Å². The van der Waals surface area contributed by atoms with Crippen molar-refractivity contribution in [1.29, 1.82) is 0 Å². The first-order valence-corrected chi connectivity index (χ1v) is 11.5. The molecule has 2 aromatic carbocycles. The van der Waals surface area contributed by atoms with Crippen LogP contribution in [-0.4, -0.2) is 31.7 Å². The molecule has 0 radical (unpaired) electrons. The minimum atomic E-state index is -4.63. The van der Waals surface area contributed by atoms with Crippen LogP contribution in [0.4, 0.5) is 18.9 Å². The molecule has 0 aliphatic carbocycles. The largest absolute Gasteiger partial charge is 0.417 e. The maximum absolute atomic E-state index is 13.0. The molecule has 2 aromatic rings. The van der Waals surface area contributed by atoms with Crippen LogP contribution in [0.2, 0.25) is 5.02 Å². The van der Waals surface area contributed by atoms with Crippen LogP contribution in [0.15, 0.2) is 41.3 Å². The molecule has 1 amide bonds. The quantitative estimate of drug-likeness (QED) is 0.677. The Hall–Kier alpha value is -2.10. The predicted octanol–water partition coefficient (Wildman–Crippen LogP) is 5.02. The number of aryl methyl sites for hydroxylation is 2. The molecule has 1 saturated heterocycles. The van der Waals surface area contributed by atoms with E-state index in [2.05, 4.69) is 5.32 Å². The van der Waals surface area contributed by atoms with Gasteiger partial charge in [-0.3, -0.25) is 4.79 Å². The van der Waals surface area contributed by atoms with Crippen LogP contribution in [0.5, 0.6) is 0 Å². The zero-order chi connectivity index (χ0) is 23.0. The Morgan fingerprint density at radius 2 is 1.74 bits per heavy atom. The predicted molar refractivity (Wildman–Crippen MR) is 112 cm³/mol. The highest BCUT2D eigenvalue weighted by molar-refractivity contribution is 7.89. The fourth-order valence-electron chi connectivity index (χ4n) is 3.65. The zero-order valence-electron chi connectivity index (χ0n) is 17.0.